The fourth-order valence-electron chi connectivity index (χ4n) is 2.04. The predicted molar refractivity (Wildman–Crippen MR) is 79.0 cm³/mol. The quantitative estimate of drug-likeness (QED) is 0.547. The van der Waals surface area contributed by atoms with E-state index >= 15 is 0 Å². The van der Waals surface area contributed by atoms with Gasteiger partial charge in [0, 0.05) is 5.56 Å². The van der Waals surface area contributed by atoms with Crippen LogP contribution in [0.3, 0.4) is 0 Å². The third kappa shape index (κ3) is 3.33. The highest BCUT2D eigenvalue weighted by Gasteiger charge is 2.49. The lowest BCUT2D eigenvalue weighted by atomic mass is 10.00. The standard InChI is InChI=1S/C14H12F3IO3/c1-3-20-13(19)9-6-8-4-7(2)5-10(18)11(8)21-12(9)14(15,16)17/h4-6,12H,3H2,1-2H3. The largest absolute Gasteiger partial charge is 0.474 e. The molecule has 1 aliphatic rings. The molecule has 7 heteroatoms. The second-order valence-corrected chi connectivity index (χ2v) is 5.69. The number of rotatable bonds is 2. The highest BCUT2D eigenvalue weighted by atomic mass is 127. The molecule has 0 aliphatic carbocycles. The first kappa shape index (κ1) is 16.1. The lowest BCUT2D eigenvalue weighted by Crippen LogP contribution is -2.41. The molecule has 1 aromatic rings. The Hall–Kier alpha value is -1.25. The van der Waals surface area contributed by atoms with Crippen LogP contribution in [0.15, 0.2) is 17.7 Å². The average molecular weight is 412 g/mol. The number of carbonyl (C=O) groups is 1. The summed E-state index contributed by atoms with van der Waals surface area (Å²) in [5.74, 6) is -0.876. The Balaban J connectivity index is 2.55. The van der Waals surface area contributed by atoms with Crippen molar-refractivity contribution in [1.29, 1.82) is 0 Å². The summed E-state index contributed by atoms with van der Waals surface area (Å²) in [4.78, 5) is 11.8. The van der Waals surface area contributed by atoms with Crippen LogP contribution in [-0.2, 0) is 9.53 Å². The average Bonchev–Trinajstić information content (AvgIpc) is 2.36. The van der Waals surface area contributed by atoms with Crippen LogP contribution < -0.4 is 4.74 Å². The van der Waals surface area contributed by atoms with Gasteiger partial charge in [0.15, 0.2) is 0 Å². The topological polar surface area (TPSA) is 35.5 Å². The lowest BCUT2D eigenvalue weighted by Gasteiger charge is -2.28. The van der Waals surface area contributed by atoms with Gasteiger partial charge in [0.2, 0.25) is 6.10 Å². The van der Waals surface area contributed by atoms with Crippen LogP contribution in [0.1, 0.15) is 18.1 Å². The monoisotopic (exact) mass is 412 g/mol. The minimum atomic E-state index is -4.69. The number of ether oxygens (including phenoxy) is 2. The molecular formula is C14H12F3IO3. The molecule has 0 fully saturated rings. The Morgan fingerprint density at radius 3 is 2.67 bits per heavy atom. The zero-order valence-corrected chi connectivity index (χ0v) is 13.4. The Morgan fingerprint density at radius 1 is 1.43 bits per heavy atom. The fourth-order valence-corrected chi connectivity index (χ4v) is 2.97. The first-order valence-corrected chi connectivity index (χ1v) is 7.24. The Bertz CT molecular complexity index is 608. The third-order valence-electron chi connectivity index (χ3n) is 2.85. The van der Waals surface area contributed by atoms with Crippen molar-refractivity contribution in [3.63, 3.8) is 0 Å². The maximum absolute atomic E-state index is 13.1. The smallest absolute Gasteiger partial charge is 0.430 e. The molecule has 1 aliphatic heterocycles. The van der Waals surface area contributed by atoms with Gasteiger partial charge in [-0.3, -0.25) is 0 Å². The lowest BCUT2D eigenvalue weighted by molar-refractivity contribution is -0.188. The SMILES string of the molecule is CCOC(=O)C1=Cc2cc(C)cc(I)c2OC1C(F)(F)F. The van der Waals surface area contributed by atoms with Crippen molar-refractivity contribution in [3.05, 3.63) is 32.4 Å². The first-order chi connectivity index (χ1) is 9.74. The summed E-state index contributed by atoms with van der Waals surface area (Å²) < 4.78 is 49.7. The third-order valence-corrected chi connectivity index (χ3v) is 3.66. The zero-order chi connectivity index (χ0) is 15.8. The summed E-state index contributed by atoms with van der Waals surface area (Å²) in [5, 5.41) is 0. The summed E-state index contributed by atoms with van der Waals surface area (Å²) in [6.07, 6.45) is -5.80. The highest BCUT2D eigenvalue weighted by molar-refractivity contribution is 14.1. The number of esters is 1. The Labute approximate surface area is 133 Å². The van der Waals surface area contributed by atoms with Crippen molar-refractivity contribution in [3.8, 4) is 5.75 Å². The van der Waals surface area contributed by atoms with Gasteiger partial charge in [0.1, 0.15) is 5.75 Å². The van der Waals surface area contributed by atoms with Crippen LogP contribution in [0, 0.1) is 10.5 Å². The van der Waals surface area contributed by atoms with Crippen molar-refractivity contribution in [2.75, 3.05) is 6.61 Å². The molecule has 0 saturated carbocycles. The van der Waals surface area contributed by atoms with Crippen LogP contribution in [0.5, 0.6) is 5.75 Å². The van der Waals surface area contributed by atoms with E-state index in [2.05, 4.69) is 0 Å². The summed E-state index contributed by atoms with van der Waals surface area (Å²) in [5.41, 5.74) is 0.785. The van der Waals surface area contributed by atoms with E-state index < -0.39 is 23.8 Å². The first-order valence-electron chi connectivity index (χ1n) is 6.16. The number of hydrogen-bond donors (Lipinski definition) is 0. The van der Waals surface area contributed by atoms with E-state index in [1.54, 1.807) is 12.1 Å². The number of benzene rings is 1. The van der Waals surface area contributed by atoms with Gasteiger partial charge < -0.3 is 9.47 Å². The molecule has 0 aromatic heterocycles. The molecule has 0 saturated heterocycles. The summed E-state index contributed by atoms with van der Waals surface area (Å²) in [7, 11) is 0. The van der Waals surface area contributed by atoms with E-state index in [1.807, 2.05) is 29.5 Å². The van der Waals surface area contributed by atoms with E-state index in [-0.39, 0.29) is 12.4 Å². The fraction of sp³-hybridized carbons (Fsp3) is 0.357. The second kappa shape index (κ2) is 5.86. The molecule has 2 rings (SSSR count). The summed E-state index contributed by atoms with van der Waals surface area (Å²) in [6, 6.07) is 3.39. The Morgan fingerprint density at radius 2 is 2.10 bits per heavy atom. The van der Waals surface area contributed by atoms with Gasteiger partial charge >= 0.3 is 12.1 Å². The van der Waals surface area contributed by atoms with Gasteiger partial charge in [0.25, 0.3) is 0 Å². The van der Waals surface area contributed by atoms with E-state index in [9.17, 15) is 18.0 Å². The molecule has 1 aromatic carbocycles. The number of alkyl halides is 3. The molecule has 0 spiro atoms. The van der Waals surface area contributed by atoms with Crippen LogP contribution in [0.25, 0.3) is 6.08 Å². The maximum Gasteiger partial charge on any atom is 0.430 e. The van der Waals surface area contributed by atoms with Crippen LogP contribution in [-0.4, -0.2) is 24.9 Å². The minimum absolute atomic E-state index is 0.00103. The highest BCUT2D eigenvalue weighted by Crippen LogP contribution is 2.40. The van der Waals surface area contributed by atoms with Crippen molar-refractivity contribution in [2.45, 2.75) is 26.1 Å². The van der Waals surface area contributed by atoms with E-state index in [1.165, 1.54) is 13.0 Å². The summed E-state index contributed by atoms with van der Waals surface area (Å²) >= 11 is 1.91. The summed E-state index contributed by atoms with van der Waals surface area (Å²) in [6.45, 7) is 3.35. The second-order valence-electron chi connectivity index (χ2n) is 4.52. The van der Waals surface area contributed by atoms with Crippen LogP contribution >= 0.6 is 22.6 Å². The molecule has 0 bridgehead atoms. The molecule has 0 radical (unpaired) electrons. The molecule has 0 amide bonds. The van der Waals surface area contributed by atoms with Gasteiger partial charge in [-0.05, 0) is 60.2 Å². The van der Waals surface area contributed by atoms with Gasteiger partial charge in [0.05, 0.1) is 15.8 Å². The van der Waals surface area contributed by atoms with Crippen molar-refractivity contribution < 1.29 is 27.4 Å². The van der Waals surface area contributed by atoms with E-state index in [0.717, 1.165) is 5.56 Å². The maximum atomic E-state index is 13.1. The number of fused-ring (bicyclic) bond motifs is 1. The van der Waals surface area contributed by atoms with E-state index in [0.29, 0.717) is 9.13 Å². The number of aryl methyl sites for hydroxylation is 1. The van der Waals surface area contributed by atoms with Crippen LogP contribution in [0.2, 0.25) is 0 Å². The molecule has 1 atom stereocenters. The van der Waals surface area contributed by atoms with Gasteiger partial charge in [-0.2, -0.15) is 13.2 Å². The van der Waals surface area contributed by atoms with Gasteiger partial charge in [-0.15, -0.1) is 0 Å². The number of halogens is 4. The minimum Gasteiger partial charge on any atom is -0.474 e. The predicted octanol–water partition coefficient (Wildman–Crippen LogP) is 3.87. The molecule has 0 N–H and O–H groups in total. The zero-order valence-electron chi connectivity index (χ0n) is 11.3. The molecule has 3 nitrogen and oxygen atoms in total. The number of hydrogen-bond acceptors (Lipinski definition) is 3. The molecule has 114 valence electrons. The number of carbonyl (C=O) groups excluding carboxylic acids is 1. The van der Waals surface area contributed by atoms with E-state index in [4.69, 9.17) is 9.47 Å². The van der Waals surface area contributed by atoms with Crippen molar-refractivity contribution in [1.82, 2.24) is 0 Å². The normalized spacial score (nSPS) is 17.6. The van der Waals surface area contributed by atoms with Gasteiger partial charge in [-0.1, -0.05) is 0 Å². The molecule has 21 heavy (non-hydrogen) atoms. The molecular weight excluding hydrogens is 400 g/mol. The van der Waals surface area contributed by atoms with Crippen molar-refractivity contribution >= 4 is 34.6 Å². The van der Waals surface area contributed by atoms with Crippen molar-refractivity contribution in [2.24, 2.45) is 0 Å². The molecule has 1 unspecified atom stereocenters. The Kier molecular flexibility index (Phi) is 4.50. The molecule has 1 heterocycles. The van der Waals surface area contributed by atoms with Crippen LogP contribution in [0.4, 0.5) is 13.2 Å². The van der Waals surface area contributed by atoms with Gasteiger partial charge in [-0.25, -0.2) is 4.79 Å².